The van der Waals surface area contributed by atoms with Crippen molar-refractivity contribution in [3.05, 3.63) is 59.7 Å². The number of piperidine rings is 1. The van der Waals surface area contributed by atoms with Crippen molar-refractivity contribution in [3.8, 4) is 17.2 Å². The van der Waals surface area contributed by atoms with Gasteiger partial charge in [0.25, 0.3) is 0 Å². The Morgan fingerprint density at radius 3 is 2.61 bits per heavy atom. The van der Waals surface area contributed by atoms with Crippen LogP contribution in [-0.2, 0) is 4.79 Å². The number of carbonyl (C=O) groups is 1. The number of hydrogen-bond donors (Lipinski definition) is 0. The van der Waals surface area contributed by atoms with Gasteiger partial charge in [-0.1, -0.05) is 30.3 Å². The van der Waals surface area contributed by atoms with E-state index >= 15 is 0 Å². The van der Waals surface area contributed by atoms with E-state index in [0.29, 0.717) is 36.4 Å². The van der Waals surface area contributed by atoms with Crippen LogP contribution in [0.5, 0.6) is 17.2 Å². The van der Waals surface area contributed by atoms with Crippen LogP contribution in [0.4, 0.5) is 0 Å². The second-order valence-corrected chi connectivity index (χ2v) is 7.09. The number of hydrogen-bond acceptors (Lipinski definition) is 4. The molecule has 0 N–H and O–H groups in total. The van der Waals surface area contributed by atoms with Crippen LogP contribution in [-0.4, -0.2) is 44.2 Å². The second kappa shape index (κ2) is 8.38. The van der Waals surface area contributed by atoms with Crippen LogP contribution >= 0.6 is 0 Å². The van der Waals surface area contributed by atoms with Crippen LogP contribution < -0.4 is 14.2 Å². The highest BCUT2D eigenvalue weighted by Gasteiger charge is 2.23. The molecule has 0 bridgehead atoms. The average Bonchev–Trinajstić information content (AvgIpc) is 2.77. The number of methoxy groups -OCH3 is 1. The Hall–Kier alpha value is -2.95. The summed E-state index contributed by atoms with van der Waals surface area (Å²) in [7, 11) is 1.60. The summed E-state index contributed by atoms with van der Waals surface area (Å²) >= 11 is 0. The third-order valence-corrected chi connectivity index (χ3v) is 5.35. The van der Waals surface area contributed by atoms with Gasteiger partial charge in [-0.2, -0.15) is 0 Å². The van der Waals surface area contributed by atoms with E-state index in [-0.39, 0.29) is 5.91 Å². The van der Waals surface area contributed by atoms with Gasteiger partial charge in [-0.05, 0) is 48.1 Å². The first-order valence-corrected chi connectivity index (χ1v) is 9.74. The van der Waals surface area contributed by atoms with Gasteiger partial charge in [-0.15, -0.1) is 0 Å². The molecule has 2 aliphatic heterocycles. The summed E-state index contributed by atoms with van der Waals surface area (Å²) in [6.07, 6.45) is 5.45. The number of rotatable bonds is 4. The highest BCUT2D eigenvalue weighted by atomic mass is 16.6. The van der Waals surface area contributed by atoms with Gasteiger partial charge in [-0.3, -0.25) is 4.79 Å². The van der Waals surface area contributed by atoms with Crippen molar-refractivity contribution in [2.24, 2.45) is 0 Å². The molecule has 2 aliphatic rings. The molecular weight excluding hydrogens is 354 g/mol. The summed E-state index contributed by atoms with van der Waals surface area (Å²) < 4.78 is 16.7. The third-order valence-electron chi connectivity index (χ3n) is 5.35. The molecule has 28 heavy (non-hydrogen) atoms. The largest absolute Gasteiger partial charge is 0.493 e. The van der Waals surface area contributed by atoms with E-state index in [1.54, 1.807) is 13.2 Å². The molecule has 1 amide bonds. The van der Waals surface area contributed by atoms with E-state index in [0.717, 1.165) is 31.5 Å². The number of amides is 1. The van der Waals surface area contributed by atoms with E-state index in [9.17, 15) is 4.79 Å². The molecule has 0 saturated carbocycles. The maximum Gasteiger partial charge on any atom is 0.246 e. The summed E-state index contributed by atoms with van der Waals surface area (Å²) in [4.78, 5) is 14.5. The molecule has 0 radical (unpaired) electrons. The normalized spacial score (nSPS) is 17.0. The van der Waals surface area contributed by atoms with Gasteiger partial charge in [0, 0.05) is 19.2 Å². The quantitative estimate of drug-likeness (QED) is 0.757. The van der Waals surface area contributed by atoms with Crippen LogP contribution in [0.25, 0.3) is 6.08 Å². The van der Waals surface area contributed by atoms with Crippen LogP contribution in [0.3, 0.4) is 0 Å². The fourth-order valence-electron chi connectivity index (χ4n) is 3.82. The summed E-state index contributed by atoms with van der Waals surface area (Å²) in [6, 6.07) is 14.3. The van der Waals surface area contributed by atoms with E-state index < -0.39 is 0 Å². The molecule has 1 saturated heterocycles. The average molecular weight is 379 g/mol. The number of benzene rings is 2. The fourth-order valence-corrected chi connectivity index (χ4v) is 3.82. The van der Waals surface area contributed by atoms with E-state index in [1.807, 2.05) is 29.2 Å². The number of carbonyl (C=O) groups excluding carboxylic acids is 1. The first-order valence-electron chi connectivity index (χ1n) is 9.74. The minimum atomic E-state index is 0.0420. The molecule has 146 valence electrons. The van der Waals surface area contributed by atoms with Crippen molar-refractivity contribution in [1.29, 1.82) is 0 Å². The molecular formula is C23H25NO4. The predicted octanol–water partition coefficient (Wildman–Crippen LogP) is 3.89. The van der Waals surface area contributed by atoms with Crippen LogP contribution in [0, 0.1) is 0 Å². The summed E-state index contributed by atoms with van der Waals surface area (Å²) in [5.74, 6) is 2.48. The van der Waals surface area contributed by atoms with Crippen molar-refractivity contribution in [1.82, 2.24) is 4.90 Å². The molecule has 5 nitrogen and oxygen atoms in total. The summed E-state index contributed by atoms with van der Waals surface area (Å²) in [6.45, 7) is 2.59. The second-order valence-electron chi connectivity index (χ2n) is 7.09. The molecule has 0 unspecified atom stereocenters. The maximum absolute atomic E-state index is 12.6. The topological polar surface area (TPSA) is 48.0 Å². The summed E-state index contributed by atoms with van der Waals surface area (Å²) in [5, 5.41) is 0. The Bertz CT molecular complexity index is 837. The lowest BCUT2D eigenvalue weighted by molar-refractivity contribution is -0.126. The smallest absolute Gasteiger partial charge is 0.246 e. The van der Waals surface area contributed by atoms with Gasteiger partial charge in [0.15, 0.2) is 11.5 Å². The van der Waals surface area contributed by atoms with Crippen molar-refractivity contribution in [2.45, 2.75) is 18.8 Å². The van der Waals surface area contributed by atoms with Crippen LogP contribution in [0.15, 0.2) is 48.5 Å². The highest BCUT2D eigenvalue weighted by molar-refractivity contribution is 5.92. The van der Waals surface area contributed by atoms with E-state index in [1.165, 1.54) is 5.56 Å². The lowest BCUT2D eigenvalue weighted by Gasteiger charge is -2.31. The molecule has 5 heteroatoms. The Kier molecular flexibility index (Phi) is 5.51. The minimum Gasteiger partial charge on any atom is -0.493 e. The molecule has 0 atom stereocenters. The van der Waals surface area contributed by atoms with Gasteiger partial charge in [-0.25, -0.2) is 0 Å². The van der Waals surface area contributed by atoms with Crippen molar-refractivity contribution in [2.75, 3.05) is 33.4 Å². The number of ether oxygens (including phenoxy) is 3. The highest BCUT2D eigenvalue weighted by Crippen LogP contribution is 2.40. The Morgan fingerprint density at radius 2 is 1.86 bits per heavy atom. The molecule has 2 aromatic rings. The number of nitrogens with zero attached hydrogens (tertiary/aromatic N) is 1. The lowest BCUT2D eigenvalue weighted by Crippen LogP contribution is -2.36. The zero-order valence-corrected chi connectivity index (χ0v) is 16.1. The standard InChI is InChI=1S/C23H25NO4/c1-26-20-15-17(16-21-23(20)28-14-13-27-21)7-8-22(25)24-11-9-19(10-12-24)18-5-3-2-4-6-18/h2-8,15-16,19H,9-14H2,1H3/b8-7+. The van der Waals surface area contributed by atoms with Crippen LogP contribution in [0.1, 0.15) is 29.9 Å². The van der Waals surface area contributed by atoms with Gasteiger partial charge in [0.2, 0.25) is 11.7 Å². The zero-order valence-electron chi connectivity index (χ0n) is 16.1. The van der Waals surface area contributed by atoms with Crippen LogP contribution in [0.2, 0.25) is 0 Å². The molecule has 0 aromatic heterocycles. The molecule has 2 heterocycles. The predicted molar refractivity (Wildman–Crippen MR) is 108 cm³/mol. The summed E-state index contributed by atoms with van der Waals surface area (Å²) in [5.41, 5.74) is 2.22. The van der Waals surface area contributed by atoms with Gasteiger partial charge in [0.05, 0.1) is 7.11 Å². The maximum atomic E-state index is 12.6. The monoisotopic (exact) mass is 379 g/mol. The van der Waals surface area contributed by atoms with Gasteiger partial charge < -0.3 is 19.1 Å². The van der Waals surface area contributed by atoms with E-state index in [2.05, 4.69) is 24.3 Å². The fraction of sp³-hybridized carbons (Fsp3) is 0.348. The third kappa shape index (κ3) is 3.98. The first kappa shape index (κ1) is 18.4. The first-order chi connectivity index (χ1) is 13.7. The van der Waals surface area contributed by atoms with Crippen molar-refractivity contribution < 1.29 is 19.0 Å². The SMILES string of the molecule is COc1cc(/C=C/C(=O)N2CCC(c3ccccc3)CC2)cc2c1OCCO2. The Balaban J connectivity index is 1.39. The lowest BCUT2D eigenvalue weighted by atomic mass is 9.89. The van der Waals surface area contributed by atoms with Crippen molar-refractivity contribution in [3.63, 3.8) is 0 Å². The molecule has 0 aliphatic carbocycles. The minimum absolute atomic E-state index is 0.0420. The number of likely N-dealkylation sites (tertiary alicyclic amines) is 1. The van der Waals surface area contributed by atoms with Gasteiger partial charge >= 0.3 is 0 Å². The van der Waals surface area contributed by atoms with Gasteiger partial charge in [0.1, 0.15) is 13.2 Å². The Labute approximate surface area is 165 Å². The molecule has 1 fully saturated rings. The molecule has 0 spiro atoms. The molecule has 2 aromatic carbocycles. The van der Waals surface area contributed by atoms with E-state index in [4.69, 9.17) is 14.2 Å². The number of fused-ring (bicyclic) bond motifs is 1. The zero-order chi connectivity index (χ0) is 19.3. The Morgan fingerprint density at radius 1 is 1.11 bits per heavy atom. The molecule has 4 rings (SSSR count). The van der Waals surface area contributed by atoms with Crippen molar-refractivity contribution >= 4 is 12.0 Å².